The molecule has 0 aliphatic heterocycles. The van der Waals surface area contributed by atoms with Crippen molar-refractivity contribution in [2.75, 3.05) is 13.2 Å². The second kappa shape index (κ2) is 12.9. The first-order valence-corrected chi connectivity index (χ1v) is 9.56. The van der Waals surface area contributed by atoms with Crippen molar-refractivity contribution in [3.05, 3.63) is 29.8 Å². The first kappa shape index (κ1) is 26.3. The Labute approximate surface area is 183 Å². The van der Waals surface area contributed by atoms with Gasteiger partial charge in [-0.15, -0.1) is 0 Å². The van der Waals surface area contributed by atoms with Gasteiger partial charge in [-0.1, -0.05) is 12.1 Å². The van der Waals surface area contributed by atoms with Crippen LogP contribution in [0.2, 0.25) is 0 Å². The number of amides is 4. The molecule has 3 unspecified atom stereocenters. The minimum Gasteiger partial charge on any atom is -0.508 e. The Kier molecular flexibility index (Phi) is 10.6. The molecule has 13 nitrogen and oxygen atoms in total. The third-order valence-corrected chi connectivity index (χ3v) is 4.28. The van der Waals surface area contributed by atoms with Gasteiger partial charge in [0, 0.05) is 6.42 Å². The van der Waals surface area contributed by atoms with Gasteiger partial charge in [-0.3, -0.25) is 19.2 Å². The number of rotatable bonds is 13. The van der Waals surface area contributed by atoms with Crippen LogP contribution in [0.1, 0.15) is 18.4 Å². The fourth-order valence-electron chi connectivity index (χ4n) is 2.53. The SMILES string of the molecule is NC(=O)CCC(NC(=O)CNC(=O)C(CO)NC(=O)C(N)Cc1ccc(O)cc1)C(=O)O. The predicted octanol–water partition coefficient (Wildman–Crippen LogP) is -3.31. The van der Waals surface area contributed by atoms with E-state index < -0.39 is 60.9 Å². The molecule has 0 fully saturated rings. The van der Waals surface area contributed by atoms with Gasteiger partial charge in [0.15, 0.2) is 0 Å². The van der Waals surface area contributed by atoms with E-state index in [0.29, 0.717) is 5.56 Å². The number of benzene rings is 1. The summed E-state index contributed by atoms with van der Waals surface area (Å²) in [6, 6.07) is 2.18. The quantitative estimate of drug-likeness (QED) is 0.149. The van der Waals surface area contributed by atoms with Crippen LogP contribution in [-0.4, -0.2) is 76.2 Å². The van der Waals surface area contributed by atoms with Gasteiger partial charge in [-0.05, 0) is 30.5 Å². The van der Waals surface area contributed by atoms with Crippen molar-refractivity contribution in [1.82, 2.24) is 16.0 Å². The maximum absolute atomic E-state index is 12.2. The number of aliphatic hydroxyl groups excluding tert-OH is 1. The van der Waals surface area contributed by atoms with Gasteiger partial charge >= 0.3 is 5.97 Å². The first-order chi connectivity index (χ1) is 15.0. The molecule has 1 rings (SSSR count). The van der Waals surface area contributed by atoms with E-state index in [-0.39, 0.29) is 25.0 Å². The summed E-state index contributed by atoms with van der Waals surface area (Å²) >= 11 is 0. The van der Waals surface area contributed by atoms with E-state index in [1.165, 1.54) is 12.1 Å². The summed E-state index contributed by atoms with van der Waals surface area (Å²) in [5.74, 6) is -4.54. The zero-order valence-electron chi connectivity index (χ0n) is 17.1. The Balaban J connectivity index is 2.53. The second-order valence-electron chi connectivity index (χ2n) is 6.90. The van der Waals surface area contributed by atoms with Crippen LogP contribution in [0.5, 0.6) is 5.75 Å². The molecule has 176 valence electrons. The summed E-state index contributed by atoms with van der Waals surface area (Å²) in [6.45, 7) is -1.41. The zero-order chi connectivity index (χ0) is 24.3. The Morgan fingerprint density at radius 3 is 2.12 bits per heavy atom. The van der Waals surface area contributed by atoms with Gasteiger partial charge in [0.25, 0.3) is 0 Å². The molecule has 0 bridgehead atoms. The largest absolute Gasteiger partial charge is 0.508 e. The lowest BCUT2D eigenvalue weighted by molar-refractivity contribution is -0.142. The topological polar surface area (TPSA) is 234 Å². The molecule has 0 heterocycles. The fourth-order valence-corrected chi connectivity index (χ4v) is 2.53. The van der Waals surface area contributed by atoms with Gasteiger partial charge in [-0.2, -0.15) is 0 Å². The molecule has 1 aromatic rings. The highest BCUT2D eigenvalue weighted by Gasteiger charge is 2.25. The third kappa shape index (κ3) is 9.40. The number of aliphatic hydroxyl groups is 1. The predicted molar refractivity (Wildman–Crippen MR) is 110 cm³/mol. The number of carbonyl (C=O) groups excluding carboxylic acids is 4. The lowest BCUT2D eigenvalue weighted by Gasteiger charge is -2.19. The van der Waals surface area contributed by atoms with Crippen LogP contribution in [0.15, 0.2) is 24.3 Å². The van der Waals surface area contributed by atoms with E-state index in [1.807, 2.05) is 0 Å². The van der Waals surface area contributed by atoms with Gasteiger partial charge in [0.2, 0.25) is 23.6 Å². The molecule has 0 saturated heterocycles. The van der Waals surface area contributed by atoms with Crippen molar-refractivity contribution in [2.45, 2.75) is 37.4 Å². The summed E-state index contributed by atoms with van der Waals surface area (Å²) in [5.41, 5.74) is 11.4. The number of nitrogens with two attached hydrogens (primary N) is 2. The molecule has 1 aromatic carbocycles. The van der Waals surface area contributed by atoms with Crippen LogP contribution in [0, 0.1) is 0 Å². The fraction of sp³-hybridized carbons (Fsp3) is 0.421. The van der Waals surface area contributed by atoms with Gasteiger partial charge in [-0.25, -0.2) is 4.79 Å². The molecular formula is C19H27N5O8. The lowest BCUT2D eigenvalue weighted by atomic mass is 10.1. The van der Waals surface area contributed by atoms with Crippen molar-refractivity contribution < 1.29 is 39.3 Å². The van der Waals surface area contributed by atoms with Crippen LogP contribution in [-0.2, 0) is 30.4 Å². The number of primary amides is 1. The van der Waals surface area contributed by atoms with E-state index in [0.717, 1.165) is 0 Å². The summed E-state index contributed by atoms with van der Waals surface area (Å²) in [7, 11) is 0. The lowest BCUT2D eigenvalue weighted by Crippen LogP contribution is -2.55. The van der Waals surface area contributed by atoms with Gasteiger partial charge in [0.05, 0.1) is 19.2 Å². The summed E-state index contributed by atoms with van der Waals surface area (Å²) in [4.78, 5) is 58.1. The second-order valence-corrected chi connectivity index (χ2v) is 6.90. The molecule has 10 N–H and O–H groups in total. The highest BCUT2D eigenvalue weighted by Crippen LogP contribution is 2.11. The highest BCUT2D eigenvalue weighted by atomic mass is 16.4. The number of phenols is 1. The molecule has 0 saturated carbocycles. The number of carboxylic acids is 1. The Bertz CT molecular complexity index is 830. The van der Waals surface area contributed by atoms with E-state index in [2.05, 4.69) is 16.0 Å². The molecule has 0 aliphatic rings. The number of carbonyl (C=O) groups is 5. The van der Waals surface area contributed by atoms with Crippen LogP contribution in [0.3, 0.4) is 0 Å². The molecule has 3 atom stereocenters. The molecular weight excluding hydrogens is 426 g/mol. The minimum atomic E-state index is -1.40. The maximum Gasteiger partial charge on any atom is 0.326 e. The number of phenolic OH excluding ortho intramolecular Hbond substituents is 1. The molecule has 0 aromatic heterocycles. The van der Waals surface area contributed by atoms with Crippen molar-refractivity contribution >= 4 is 29.6 Å². The molecule has 4 amide bonds. The smallest absolute Gasteiger partial charge is 0.326 e. The zero-order valence-corrected chi connectivity index (χ0v) is 17.1. The van der Waals surface area contributed by atoms with E-state index >= 15 is 0 Å². The van der Waals surface area contributed by atoms with Crippen LogP contribution in [0.25, 0.3) is 0 Å². The first-order valence-electron chi connectivity index (χ1n) is 9.56. The van der Waals surface area contributed by atoms with Crippen molar-refractivity contribution in [3.8, 4) is 5.75 Å². The van der Waals surface area contributed by atoms with Crippen molar-refractivity contribution in [2.24, 2.45) is 11.5 Å². The van der Waals surface area contributed by atoms with E-state index in [1.54, 1.807) is 12.1 Å². The average Bonchev–Trinajstić information content (AvgIpc) is 2.74. The monoisotopic (exact) mass is 453 g/mol. The number of hydrogen-bond donors (Lipinski definition) is 8. The van der Waals surface area contributed by atoms with E-state index in [4.69, 9.17) is 16.6 Å². The molecule has 13 heteroatoms. The summed E-state index contributed by atoms with van der Waals surface area (Å²) < 4.78 is 0. The number of nitrogens with one attached hydrogen (secondary N) is 3. The van der Waals surface area contributed by atoms with E-state index in [9.17, 15) is 34.2 Å². The highest BCUT2D eigenvalue weighted by molar-refractivity contribution is 5.92. The Morgan fingerprint density at radius 1 is 0.969 bits per heavy atom. The number of aliphatic carboxylic acids is 1. The average molecular weight is 453 g/mol. The number of aromatic hydroxyl groups is 1. The number of carboxylic acid groups (broad SMARTS) is 1. The van der Waals surface area contributed by atoms with Crippen LogP contribution < -0.4 is 27.4 Å². The minimum absolute atomic E-state index is 0.0513. The number of hydrogen-bond acceptors (Lipinski definition) is 8. The van der Waals surface area contributed by atoms with Crippen molar-refractivity contribution in [1.29, 1.82) is 0 Å². The molecule has 0 aliphatic carbocycles. The Hall–Kier alpha value is -3.71. The van der Waals surface area contributed by atoms with Gasteiger partial charge in [0.1, 0.15) is 17.8 Å². The summed E-state index contributed by atoms with van der Waals surface area (Å²) in [6.07, 6.45) is -0.374. The standard InChI is InChI=1S/C19H27N5O8/c20-12(7-10-1-3-11(26)4-2-10)17(29)24-14(9-25)18(30)22-8-16(28)23-13(19(31)32)5-6-15(21)27/h1-4,12-14,25-26H,5-9,20H2,(H2,21,27)(H,22,30)(H,23,28)(H,24,29)(H,31,32). The normalized spacial score (nSPS) is 13.3. The molecule has 0 radical (unpaired) electrons. The third-order valence-electron chi connectivity index (χ3n) is 4.28. The maximum atomic E-state index is 12.2. The summed E-state index contributed by atoms with van der Waals surface area (Å²) in [5, 5.41) is 34.3. The Morgan fingerprint density at radius 2 is 1.59 bits per heavy atom. The molecule has 0 spiro atoms. The van der Waals surface area contributed by atoms with Crippen molar-refractivity contribution in [3.63, 3.8) is 0 Å². The van der Waals surface area contributed by atoms with Crippen LogP contribution >= 0.6 is 0 Å². The van der Waals surface area contributed by atoms with Crippen LogP contribution in [0.4, 0.5) is 0 Å². The van der Waals surface area contributed by atoms with Gasteiger partial charge < -0.3 is 42.7 Å². The molecule has 32 heavy (non-hydrogen) atoms.